The van der Waals surface area contributed by atoms with Crippen molar-refractivity contribution in [2.24, 2.45) is 0 Å². The van der Waals surface area contributed by atoms with Gasteiger partial charge in [0.15, 0.2) is 0 Å². The average molecular weight is 322 g/mol. The van der Waals surface area contributed by atoms with Crippen LogP contribution in [0, 0.1) is 0 Å². The molecule has 0 aliphatic rings. The van der Waals surface area contributed by atoms with Crippen LogP contribution in [-0.2, 0) is 4.79 Å². The molecule has 19 heavy (non-hydrogen) atoms. The van der Waals surface area contributed by atoms with Crippen molar-refractivity contribution in [3.8, 4) is 0 Å². The molecule has 0 heterocycles. The summed E-state index contributed by atoms with van der Waals surface area (Å²) >= 11 is 13.3. The fourth-order valence-corrected chi connectivity index (χ4v) is 2.62. The molecule has 1 unspecified atom stereocenters. The Morgan fingerprint density at radius 2 is 2.00 bits per heavy atom. The molecule has 1 atom stereocenters. The molecule has 2 N–H and O–H groups in total. The molecule has 7 heteroatoms. The van der Waals surface area contributed by atoms with E-state index in [1.165, 1.54) is 17.8 Å². The van der Waals surface area contributed by atoms with Gasteiger partial charge in [0, 0.05) is 4.90 Å². The van der Waals surface area contributed by atoms with E-state index in [2.05, 4.69) is 5.32 Å². The number of carbonyl (C=O) groups is 2. The van der Waals surface area contributed by atoms with Crippen LogP contribution in [0.3, 0.4) is 0 Å². The van der Waals surface area contributed by atoms with Gasteiger partial charge in [-0.15, -0.1) is 11.8 Å². The molecular weight excluding hydrogens is 309 g/mol. The van der Waals surface area contributed by atoms with Crippen molar-refractivity contribution in [3.05, 3.63) is 27.7 Å². The summed E-state index contributed by atoms with van der Waals surface area (Å²) in [6.07, 6.45) is 2.12. The lowest BCUT2D eigenvalue weighted by Gasteiger charge is -2.14. The minimum Gasteiger partial charge on any atom is -0.480 e. The molecule has 0 saturated heterocycles. The Kier molecular flexibility index (Phi) is 5.97. The minimum atomic E-state index is -1.08. The van der Waals surface area contributed by atoms with Crippen LogP contribution in [0.5, 0.6) is 0 Å². The standard InChI is InChI=1S/C12H13Cl2NO3S/c1-3-9(12(17)18)15-11(16)6-4-10(19-2)8(14)5-7(6)13/h4-5,9H,3H2,1-2H3,(H,15,16)(H,17,18). The summed E-state index contributed by atoms with van der Waals surface area (Å²) in [5.74, 6) is -1.60. The summed E-state index contributed by atoms with van der Waals surface area (Å²) in [6.45, 7) is 1.68. The normalized spacial score (nSPS) is 12.0. The molecular formula is C12H13Cl2NO3S. The number of halogens is 2. The Hall–Kier alpha value is -0.910. The van der Waals surface area contributed by atoms with Gasteiger partial charge in [-0.1, -0.05) is 30.1 Å². The maximum Gasteiger partial charge on any atom is 0.326 e. The summed E-state index contributed by atoms with van der Waals surface area (Å²) in [6, 6.07) is 2.10. The van der Waals surface area contributed by atoms with Gasteiger partial charge >= 0.3 is 5.97 Å². The van der Waals surface area contributed by atoms with E-state index >= 15 is 0 Å². The van der Waals surface area contributed by atoms with Crippen molar-refractivity contribution in [2.75, 3.05) is 6.26 Å². The Labute approximate surface area is 125 Å². The lowest BCUT2D eigenvalue weighted by molar-refractivity contribution is -0.139. The number of hydrogen-bond donors (Lipinski definition) is 2. The maximum atomic E-state index is 12.0. The van der Waals surface area contributed by atoms with Crippen LogP contribution in [0.2, 0.25) is 10.0 Å². The third-order valence-electron chi connectivity index (χ3n) is 2.50. The fraction of sp³-hybridized carbons (Fsp3) is 0.333. The number of carbonyl (C=O) groups excluding carboxylic acids is 1. The molecule has 1 aromatic carbocycles. The second kappa shape index (κ2) is 7.03. The third-order valence-corrected chi connectivity index (χ3v) is 4.01. The summed E-state index contributed by atoms with van der Waals surface area (Å²) < 4.78 is 0. The molecule has 0 spiro atoms. The van der Waals surface area contributed by atoms with Gasteiger partial charge in [0.2, 0.25) is 0 Å². The van der Waals surface area contributed by atoms with E-state index in [4.69, 9.17) is 28.3 Å². The van der Waals surface area contributed by atoms with Crippen LogP contribution in [0.1, 0.15) is 23.7 Å². The van der Waals surface area contributed by atoms with Gasteiger partial charge in [-0.2, -0.15) is 0 Å². The zero-order valence-corrected chi connectivity index (χ0v) is 12.7. The molecule has 0 aliphatic heterocycles. The zero-order chi connectivity index (χ0) is 14.6. The molecule has 1 amide bonds. The van der Waals surface area contributed by atoms with Gasteiger partial charge in [0.25, 0.3) is 5.91 Å². The van der Waals surface area contributed by atoms with Crippen molar-refractivity contribution >= 4 is 46.8 Å². The first-order valence-electron chi connectivity index (χ1n) is 5.47. The van der Waals surface area contributed by atoms with Gasteiger partial charge in [-0.05, 0) is 24.8 Å². The summed E-state index contributed by atoms with van der Waals surface area (Å²) in [7, 11) is 0. The van der Waals surface area contributed by atoms with E-state index < -0.39 is 17.9 Å². The number of carboxylic acids is 1. The molecule has 1 rings (SSSR count). The predicted molar refractivity (Wildman–Crippen MR) is 77.4 cm³/mol. The van der Waals surface area contributed by atoms with Gasteiger partial charge in [-0.3, -0.25) is 4.79 Å². The van der Waals surface area contributed by atoms with E-state index in [0.29, 0.717) is 16.3 Å². The number of benzene rings is 1. The number of aliphatic carboxylic acids is 1. The zero-order valence-electron chi connectivity index (χ0n) is 10.4. The van der Waals surface area contributed by atoms with Crippen LogP contribution < -0.4 is 5.32 Å². The molecule has 0 aliphatic carbocycles. The highest BCUT2D eigenvalue weighted by atomic mass is 35.5. The van der Waals surface area contributed by atoms with Crippen molar-refractivity contribution in [1.29, 1.82) is 0 Å². The van der Waals surface area contributed by atoms with Crippen molar-refractivity contribution in [1.82, 2.24) is 5.32 Å². The Bertz CT molecular complexity index is 508. The fourth-order valence-electron chi connectivity index (χ4n) is 1.43. The topological polar surface area (TPSA) is 66.4 Å². The van der Waals surface area contributed by atoms with E-state index in [1.54, 1.807) is 13.0 Å². The Morgan fingerprint density at radius 1 is 1.37 bits per heavy atom. The molecule has 104 valence electrons. The number of amides is 1. The van der Waals surface area contributed by atoms with Gasteiger partial charge in [0.05, 0.1) is 15.6 Å². The molecule has 1 aromatic rings. The summed E-state index contributed by atoms with van der Waals surface area (Å²) in [4.78, 5) is 23.6. The van der Waals surface area contributed by atoms with Crippen LogP contribution in [0.25, 0.3) is 0 Å². The third kappa shape index (κ3) is 4.03. The smallest absolute Gasteiger partial charge is 0.326 e. The van der Waals surface area contributed by atoms with Gasteiger partial charge in [0.1, 0.15) is 6.04 Å². The quantitative estimate of drug-likeness (QED) is 0.816. The Balaban J connectivity index is 3.02. The second-order valence-corrected chi connectivity index (χ2v) is 5.40. The second-order valence-electron chi connectivity index (χ2n) is 3.74. The highest BCUT2D eigenvalue weighted by Crippen LogP contribution is 2.31. The molecule has 0 aromatic heterocycles. The SMILES string of the molecule is CCC(NC(=O)c1cc(SC)c(Cl)cc1Cl)C(=O)O. The summed E-state index contributed by atoms with van der Waals surface area (Å²) in [5.41, 5.74) is 0.218. The van der Waals surface area contributed by atoms with Gasteiger partial charge < -0.3 is 10.4 Å². The number of carboxylic acid groups (broad SMARTS) is 1. The van der Waals surface area contributed by atoms with Crippen LogP contribution in [0.4, 0.5) is 0 Å². The van der Waals surface area contributed by atoms with Crippen molar-refractivity contribution in [2.45, 2.75) is 24.3 Å². The molecule has 0 bridgehead atoms. The maximum absolute atomic E-state index is 12.0. The highest BCUT2D eigenvalue weighted by Gasteiger charge is 2.21. The van der Waals surface area contributed by atoms with E-state index in [0.717, 1.165) is 0 Å². The number of nitrogens with one attached hydrogen (secondary N) is 1. The lowest BCUT2D eigenvalue weighted by Crippen LogP contribution is -2.40. The largest absolute Gasteiger partial charge is 0.480 e. The molecule has 0 fully saturated rings. The van der Waals surface area contributed by atoms with Crippen molar-refractivity contribution in [3.63, 3.8) is 0 Å². The Morgan fingerprint density at radius 3 is 2.47 bits per heavy atom. The number of thioether (sulfide) groups is 1. The first-order valence-corrected chi connectivity index (χ1v) is 7.45. The molecule has 4 nitrogen and oxygen atoms in total. The van der Waals surface area contributed by atoms with Crippen LogP contribution in [0.15, 0.2) is 17.0 Å². The minimum absolute atomic E-state index is 0.195. The van der Waals surface area contributed by atoms with Gasteiger partial charge in [-0.25, -0.2) is 4.79 Å². The van der Waals surface area contributed by atoms with Crippen LogP contribution >= 0.6 is 35.0 Å². The van der Waals surface area contributed by atoms with E-state index in [9.17, 15) is 9.59 Å². The van der Waals surface area contributed by atoms with Crippen molar-refractivity contribution < 1.29 is 14.7 Å². The number of hydrogen-bond acceptors (Lipinski definition) is 3. The van der Waals surface area contributed by atoms with Crippen LogP contribution in [-0.4, -0.2) is 29.3 Å². The van der Waals surface area contributed by atoms with E-state index in [1.807, 2.05) is 6.26 Å². The number of rotatable bonds is 5. The molecule has 0 saturated carbocycles. The highest BCUT2D eigenvalue weighted by molar-refractivity contribution is 7.98. The average Bonchev–Trinajstić information content (AvgIpc) is 2.35. The predicted octanol–water partition coefficient (Wildman–Crippen LogP) is 3.31. The van der Waals surface area contributed by atoms with E-state index in [-0.39, 0.29) is 10.6 Å². The monoisotopic (exact) mass is 321 g/mol. The first-order chi connectivity index (χ1) is 8.90. The lowest BCUT2D eigenvalue weighted by atomic mass is 10.1. The first kappa shape index (κ1) is 16.1. The molecule has 0 radical (unpaired) electrons. The summed E-state index contributed by atoms with van der Waals surface area (Å²) in [5, 5.41) is 12.0.